The van der Waals surface area contributed by atoms with Crippen LogP contribution in [-0.2, 0) is 10.0 Å². The Morgan fingerprint density at radius 1 is 0.786 bits per heavy atom. The second-order valence-electron chi connectivity index (χ2n) is 5.85. The van der Waals surface area contributed by atoms with Crippen molar-refractivity contribution in [1.82, 2.24) is 4.98 Å². The number of aromatic nitrogens is 1. The van der Waals surface area contributed by atoms with Crippen LogP contribution in [0.25, 0.3) is 11.3 Å². The van der Waals surface area contributed by atoms with Crippen LogP contribution < -0.4 is 9.46 Å². The van der Waals surface area contributed by atoms with E-state index in [1.807, 2.05) is 60.7 Å². The van der Waals surface area contributed by atoms with E-state index in [1.165, 1.54) is 12.1 Å². The Kier molecular flexibility index (Phi) is 5.10. The van der Waals surface area contributed by atoms with E-state index < -0.39 is 10.0 Å². The first kappa shape index (κ1) is 18.2. The highest BCUT2D eigenvalue weighted by Crippen LogP contribution is 2.41. The summed E-state index contributed by atoms with van der Waals surface area (Å²) in [4.78, 5) is 4.67. The number of sulfonamides is 1. The van der Waals surface area contributed by atoms with E-state index in [2.05, 4.69) is 9.71 Å². The van der Waals surface area contributed by atoms with Gasteiger partial charge in [0.05, 0.1) is 4.90 Å². The van der Waals surface area contributed by atoms with Crippen molar-refractivity contribution in [3.8, 4) is 22.1 Å². The van der Waals surface area contributed by atoms with Gasteiger partial charge in [0.15, 0.2) is 0 Å². The molecule has 7 heteroatoms. The van der Waals surface area contributed by atoms with Gasteiger partial charge in [0.1, 0.15) is 11.4 Å². The molecule has 0 radical (unpaired) electrons. The lowest BCUT2D eigenvalue weighted by atomic mass is 10.2. The van der Waals surface area contributed by atoms with Crippen molar-refractivity contribution in [2.75, 3.05) is 4.72 Å². The molecule has 1 N–H and O–H groups in total. The van der Waals surface area contributed by atoms with Crippen LogP contribution >= 0.6 is 11.3 Å². The van der Waals surface area contributed by atoms with E-state index >= 15 is 0 Å². The van der Waals surface area contributed by atoms with E-state index in [9.17, 15) is 8.42 Å². The summed E-state index contributed by atoms with van der Waals surface area (Å²) in [5.74, 6) is 0.654. The molecule has 3 aromatic carbocycles. The van der Waals surface area contributed by atoms with E-state index in [4.69, 9.17) is 4.74 Å². The van der Waals surface area contributed by atoms with E-state index in [0.717, 1.165) is 16.9 Å². The zero-order valence-electron chi connectivity index (χ0n) is 14.6. The Labute approximate surface area is 167 Å². The molecule has 0 atom stereocenters. The predicted molar refractivity (Wildman–Crippen MR) is 111 cm³/mol. The Morgan fingerprint density at radius 3 is 2.00 bits per heavy atom. The lowest BCUT2D eigenvalue weighted by Crippen LogP contribution is -2.12. The second-order valence-corrected chi connectivity index (χ2v) is 8.50. The number of ether oxygens (including phenoxy) is 1. The summed E-state index contributed by atoms with van der Waals surface area (Å²) in [5.41, 5.74) is 1.43. The highest BCUT2D eigenvalue weighted by atomic mass is 32.2. The molecule has 1 heterocycles. The van der Waals surface area contributed by atoms with E-state index in [1.54, 1.807) is 18.2 Å². The van der Waals surface area contributed by atoms with Gasteiger partial charge in [0.25, 0.3) is 10.0 Å². The number of thiazole rings is 1. The highest BCUT2D eigenvalue weighted by Gasteiger charge is 2.20. The summed E-state index contributed by atoms with van der Waals surface area (Å²) in [7, 11) is -3.73. The van der Waals surface area contributed by atoms with Crippen molar-refractivity contribution in [3.05, 3.63) is 91.0 Å². The molecule has 28 heavy (non-hydrogen) atoms. The molecule has 0 saturated heterocycles. The summed E-state index contributed by atoms with van der Waals surface area (Å²) in [6, 6.07) is 27.0. The molecule has 0 spiro atoms. The van der Waals surface area contributed by atoms with Crippen LogP contribution in [0.3, 0.4) is 0 Å². The molecule has 0 unspecified atom stereocenters. The van der Waals surface area contributed by atoms with Crippen LogP contribution in [0.2, 0.25) is 0 Å². The summed E-state index contributed by atoms with van der Waals surface area (Å²) >= 11 is 1.15. The highest BCUT2D eigenvalue weighted by molar-refractivity contribution is 7.93. The zero-order chi connectivity index (χ0) is 19.4. The van der Waals surface area contributed by atoms with Crippen LogP contribution in [0, 0.1) is 0 Å². The SMILES string of the molecule is O=S(=O)(Nc1nc(-c2ccccc2)c(Oc2ccccc2)s1)c1ccccc1. The average Bonchev–Trinajstić information content (AvgIpc) is 3.11. The van der Waals surface area contributed by atoms with Gasteiger partial charge in [-0.1, -0.05) is 78.1 Å². The maximum Gasteiger partial charge on any atom is 0.263 e. The van der Waals surface area contributed by atoms with Crippen LogP contribution in [0.4, 0.5) is 5.13 Å². The van der Waals surface area contributed by atoms with Gasteiger partial charge in [0, 0.05) is 5.56 Å². The van der Waals surface area contributed by atoms with Gasteiger partial charge >= 0.3 is 0 Å². The number of nitrogens with one attached hydrogen (secondary N) is 1. The minimum atomic E-state index is -3.73. The second kappa shape index (κ2) is 7.84. The maximum absolute atomic E-state index is 12.6. The third kappa shape index (κ3) is 4.05. The van der Waals surface area contributed by atoms with Crippen molar-refractivity contribution in [1.29, 1.82) is 0 Å². The Morgan fingerprint density at radius 2 is 1.36 bits per heavy atom. The molecule has 0 aliphatic heterocycles. The molecular weight excluding hydrogens is 392 g/mol. The van der Waals surface area contributed by atoms with Gasteiger partial charge < -0.3 is 4.74 Å². The molecule has 0 saturated carbocycles. The minimum absolute atomic E-state index is 0.178. The lowest BCUT2D eigenvalue weighted by Gasteiger charge is -2.04. The van der Waals surface area contributed by atoms with Gasteiger partial charge in [-0.25, -0.2) is 13.4 Å². The minimum Gasteiger partial charge on any atom is -0.444 e. The molecule has 0 fully saturated rings. The first-order valence-corrected chi connectivity index (χ1v) is 10.8. The van der Waals surface area contributed by atoms with Gasteiger partial charge in [-0.05, 0) is 24.3 Å². The van der Waals surface area contributed by atoms with Crippen LogP contribution in [-0.4, -0.2) is 13.4 Å². The van der Waals surface area contributed by atoms with Crippen LogP contribution in [0.15, 0.2) is 95.9 Å². The Hall–Kier alpha value is -3.16. The van der Waals surface area contributed by atoms with Crippen molar-refractivity contribution in [2.45, 2.75) is 4.90 Å². The number of hydrogen-bond donors (Lipinski definition) is 1. The number of nitrogens with zero attached hydrogens (tertiary/aromatic N) is 1. The van der Waals surface area contributed by atoms with Crippen LogP contribution in [0.5, 0.6) is 10.8 Å². The van der Waals surface area contributed by atoms with Gasteiger partial charge in [-0.15, -0.1) is 0 Å². The quantitative estimate of drug-likeness (QED) is 0.464. The molecule has 0 bridgehead atoms. The normalized spacial score (nSPS) is 11.1. The number of benzene rings is 3. The summed E-state index contributed by atoms with van der Waals surface area (Å²) in [6.07, 6.45) is 0. The smallest absolute Gasteiger partial charge is 0.263 e. The van der Waals surface area contributed by atoms with Crippen molar-refractivity contribution >= 4 is 26.5 Å². The zero-order valence-corrected chi connectivity index (χ0v) is 16.3. The largest absolute Gasteiger partial charge is 0.444 e. The van der Waals surface area contributed by atoms with Crippen molar-refractivity contribution in [2.24, 2.45) is 0 Å². The molecule has 5 nitrogen and oxygen atoms in total. The molecule has 4 aromatic rings. The third-order valence-electron chi connectivity index (χ3n) is 3.87. The van der Waals surface area contributed by atoms with Gasteiger partial charge in [-0.2, -0.15) is 0 Å². The number of anilines is 1. The first-order chi connectivity index (χ1) is 13.6. The Balaban J connectivity index is 1.71. The van der Waals surface area contributed by atoms with E-state index in [-0.39, 0.29) is 10.0 Å². The fourth-order valence-corrected chi connectivity index (χ4v) is 4.68. The van der Waals surface area contributed by atoms with Crippen molar-refractivity contribution in [3.63, 3.8) is 0 Å². The molecule has 0 amide bonds. The topological polar surface area (TPSA) is 68.3 Å². The maximum atomic E-state index is 12.6. The molecule has 0 aliphatic rings. The third-order valence-corrected chi connectivity index (χ3v) is 6.21. The van der Waals surface area contributed by atoms with Gasteiger partial charge in [-0.3, -0.25) is 4.72 Å². The summed E-state index contributed by atoms with van der Waals surface area (Å²) in [6.45, 7) is 0. The predicted octanol–water partition coefficient (Wildman–Crippen LogP) is 5.40. The fourth-order valence-electron chi connectivity index (χ4n) is 2.57. The molecular formula is C21H16N2O3S2. The lowest BCUT2D eigenvalue weighted by molar-refractivity contribution is 0.497. The first-order valence-electron chi connectivity index (χ1n) is 8.49. The average molecular weight is 409 g/mol. The monoisotopic (exact) mass is 408 g/mol. The number of para-hydroxylation sites is 1. The number of rotatable bonds is 6. The fraction of sp³-hybridized carbons (Fsp3) is 0. The van der Waals surface area contributed by atoms with Crippen molar-refractivity contribution < 1.29 is 13.2 Å². The standard InChI is InChI=1S/C21H16N2O3S2/c24-28(25,18-14-8-3-9-15-18)23-21-22-19(16-10-4-1-5-11-16)20(27-21)26-17-12-6-2-7-13-17/h1-15H,(H,22,23). The molecule has 0 aliphatic carbocycles. The molecule has 140 valence electrons. The summed E-state index contributed by atoms with van der Waals surface area (Å²) in [5, 5.41) is 0.761. The molecule has 4 rings (SSSR count). The van der Waals surface area contributed by atoms with E-state index in [0.29, 0.717) is 16.5 Å². The summed E-state index contributed by atoms with van der Waals surface area (Å²) < 4.78 is 33.8. The molecule has 1 aromatic heterocycles. The van der Waals surface area contributed by atoms with Crippen LogP contribution in [0.1, 0.15) is 0 Å². The Bertz CT molecular complexity index is 1160. The number of hydrogen-bond acceptors (Lipinski definition) is 5. The van der Waals surface area contributed by atoms with Gasteiger partial charge in [0.2, 0.25) is 10.2 Å².